The van der Waals surface area contributed by atoms with Gasteiger partial charge < -0.3 is 10.6 Å². The summed E-state index contributed by atoms with van der Waals surface area (Å²) in [5.41, 5.74) is 5.26. The fraction of sp³-hybridized carbons (Fsp3) is 0.538. The Kier molecular flexibility index (Phi) is 6.50. The fourth-order valence-electron chi connectivity index (χ4n) is 6.19. The van der Waals surface area contributed by atoms with E-state index in [1.807, 2.05) is 43.0 Å². The molecule has 3 aliphatic rings. The van der Waals surface area contributed by atoms with Crippen LogP contribution < -0.4 is 11.1 Å². The highest BCUT2D eigenvalue weighted by molar-refractivity contribution is 7.23. The van der Waals surface area contributed by atoms with Crippen LogP contribution in [0.1, 0.15) is 56.3 Å². The quantitative estimate of drug-likeness (QED) is 0.612. The van der Waals surface area contributed by atoms with Crippen LogP contribution in [-0.2, 0) is 9.59 Å². The minimum absolute atomic E-state index is 0.0152. The van der Waals surface area contributed by atoms with Gasteiger partial charge in [0.05, 0.1) is 11.0 Å². The van der Waals surface area contributed by atoms with Gasteiger partial charge >= 0.3 is 6.03 Å². The lowest BCUT2D eigenvalue weighted by Crippen LogP contribution is -2.54. The third kappa shape index (κ3) is 4.26. The highest BCUT2D eigenvalue weighted by Gasteiger charge is 2.54. The SMILES string of the molecule is CC(C)N1C(=O)CC2(CCCN(C3CCN(C(=O)c4c(NC(N)=O)sc5ccccc45)CC3)C2)C1=O. The Labute approximate surface area is 214 Å². The largest absolute Gasteiger partial charge is 0.351 e. The average molecular weight is 512 g/mol. The van der Waals surface area contributed by atoms with Crippen LogP contribution in [0.15, 0.2) is 24.3 Å². The summed E-state index contributed by atoms with van der Waals surface area (Å²) >= 11 is 1.35. The number of imide groups is 1. The molecule has 1 spiro atoms. The van der Waals surface area contributed by atoms with Gasteiger partial charge in [0, 0.05) is 48.2 Å². The Bertz CT molecular complexity index is 1220. The van der Waals surface area contributed by atoms with Crippen molar-refractivity contribution in [3.8, 4) is 0 Å². The van der Waals surface area contributed by atoms with E-state index in [0.717, 1.165) is 42.3 Å². The van der Waals surface area contributed by atoms with Crippen LogP contribution >= 0.6 is 11.3 Å². The Hall–Kier alpha value is -2.98. The van der Waals surface area contributed by atoms with E-state index in [2.05, 4.69) is 10.2 Å². The molecule has 3 fully saturated rings. The number of piperidine rings is 2. The molecule has 4 heterocycles. The molecule has 3 aliphatic heterocycles. The molecule has 1 aromatic heterocycles. The molecule has 0 saturated carbocycles. The molecule has 2 aromatic rings. The number of nitrogens with one attached hydrogen (secondary N) is 1. The predicted molar refractivity (Wildman–Crippen MR) is 139 cm³/mol. The molecule has 10 heteroatoms. The van der Waals surface area contributed by atoms with E-state index in [0.29, 0.717) is 36.6 Å². The molecule has 0 aliphatic carbocycles. The number of urea groups is 1. The van der Waals surface area contributed by atoms with E-state index < -0.39 is 11.4 Å². The maximum absolute atomic E-state index is 13.6. The summed E-state index contributed by atoms with van der Waals surface area (Å²) in [6.07, 6.45) is 3.57. The van der Waals surface area contributed by atoms with E-state index >= 15 is 0 Å². The highest BCUT2D eigenvalue weighted by Crippen LogP contribution is 2.43. The zero-order valence-electron chi connectivity index (χ0n) is 20.8. The molecule has 3 saturated heterocycles. The number of rotatable bonds is 4. The number of carbonyl (C=O) groups is 4. The van der Waals surface area contributed by atoms with Crippen LogP contribution in [0.25, 0.3) is 10.1 Å². The zero-order valence-corrected chi connectivity index (χ0v) is 21.6. The van der Waals surface area contributed by atoms with Gasteiger partial charge in [-0.2, -0.15) is 0 Å². The molecule has 5 amide bonds. The normalized spacial score (nSPS) is 23.9. The van der Waals surface area contributed by atoms with Gasteiger partial charge in [-0.3, -0.25) is 29.5 Å². The summed E-state index contributed by atoms with van der Waals surface area (Å²) in [6, 6.07) is 7.07. The van der Waals surface area contributed by atoms with Crippen LogP contribution in [0.5, 0.6) is 0 Å². The Morgan fingerprint density at radius 2 is 1.86 bits per heavy atom. The number of amides is 5. The first-order valence-corrected chi connectivity index (χ1v) is 13.5. The van der Waals surface area contributed by atoms with E-state index in [-0.39, 0.29) is 29.8 Å². The van der Waals surface area contributed by atoms with Crippen LogP contribution in [0.3, 0.4) is 0 Å². The molecule has 5 rings (SSSR count). The topological polar surface area (TPSA) is 116 Å². The lowest BCUT2D eigenvalue weighted by molar-refractivity contribution is -0.145. The molecular weight excluding hydrogens is 478 g/mol. The van der Waals surface area contributed by atoms with Gasteiger partial charge in [0.15, 0.2) is 0 Å². The van der Waals surface area contributed by atoms with Crippen LogP contribution in [0.2, 0.25) is 0 Å². The number of anilines is 1. The van der Waals surface area contributed by atoms with Crippen LogP contribution in [0, 0.1) is 5.41 Å². The molecule has 9 nitrogen and oxygen atoms in total. The first-order valence-electron chi connectivity index (χ1n) is 12.7. The summed E-state index contributed by atoms with van der Waals surface area (Å²) in [5, 5.41) is 3.92. The van der Waals surface area contributed by atoms with E-state index in [1.54, 1.807) is 0 Å². The number of likely N-dealkylation sites (tertiary alicyclic amines) is 3. The van der Waals surface area contributed by atoms with Crippen LogP contribution in [-0.4, -0.2) is 76.7 Å². The van der Waals surface area contributed by atoms with Crippen molar-refractivity contribution in [3.05, 3.63) is 29.8 Å². The van der Waals surface area contributed by atoms with Crippen molar-refractivity contribution in [1.82, 2.24) is 14.7 Å². The van der Waals surface area contributed by atoms with Gasteiger partial charge in [-0.1, -0.05) is 18.2 Å². The molecule has 3 N–H and O–H groups in total. The van der Waals surface area contributed by atoms with Gasteiger partial charge in [0.1, 0.15) is 5.00 Å². The fourth-order valence-corrected chi connectivity index (χ4v) is 7.29. The van der Waals surface area contributed by atoms with E-state index in [1.165, 1.54) is 16.2 Å². The minimum atomic E-state index is -0.690. The summed E-state index contributed by atoms with van der Waals surface area (Å²) in [7, 11) is 0. The molecule has 1 atom stereocenters. The number of nitrogens with zero attached hydrogens (tertiary/aromatic N) is 3. The average Bonchev–Trinajstić information content (AvgIpc) is 3.31. The summed E-state index contributed by atoms with van der Waals surface area (Å²) in [5.74, 6) is -0.173. The second-order valence-electron chi connectivity index (χ2n) is 10.5. The lowest BCUT2D eigenvalue weighted by Gasteiger charge is -2.45. The first-order chi connectivity index (χ1) is 17.2. The first kappa shape index (κ1) is 24.7. The number of nitrogens with two attached hydrogens (primary N) is 1. The molecule has 0 radical (unpaired) electrons. The van der Waals surface area contributed by atoms with Gasteiger partial charge in [0.2, 0.25) is 11.8 Å². The summed E-state index contributed by atoms with van der Waals surface area (Å²) < 4.78 is 0.921. The van der Waals surface area contributed by atoms with Gasteiger partial charge in [0.25, 0.3) is 5.91 Å². The van der Waals surface area contributed by atoms with Crippen molar-refractivity contribution in [2.75, 3.05) is 31.5 Å². The molecule has 192 valence electrons. The number of hydrogen-bond acceptors (Lipinski definition) is 6. The zero-order chi connectivity index (χ0) is 25.6. The molecular formula is C26H33N5O4S. The maximum atomic E-state index is 13.6. The summed E-state index contributed by atoms with van der Waals surface area (Å²) in [6.45, 7) is 6.50. The number of fused-ring (bicyclic) bond motifs is 1. The maximum Gasteiger partial charge on any atom is 0.317 e. The second kappa shape index (κ2) is 9.48. The Morgan fingerprint density at radius 1 is 1.14 bits per heavy atom. The standard InChI is InChI=1S/C26H33N5O4S/c1-16(2)31-20(32)14-26(24(31)34)10-5-11-30(15-26)17-8-12-29(13-9-17)23(33)21-18-6-3-4-7-19(18)36-22(21)28-25(27)35/h3-4,6-7,16-17H,5,8-15H2,1-2H3,(H3,27,28,35). The lowest BCUT2D eigenvalue weighted by atomic mass is 9.77. The smallest absolute Gasteiger partial charge is 0.317 e. The third-order valence-corrected chi connectivity index (χ3v) is 8.95. The number of thiophene rings is 1. The second-order valence-corrected chi connectivity index (χ2v) is 11.6. The van der Waals surface area contributed by atoms with Crippen molar-refractivity contribution in [3.63, 3.8) is 0 Å². The number of hydrogen-bond donors (Lipinski definition) is 2. The highest BCUT2D eigenvalue weighted by atomic mass is 32.1. The third-order valence-electron chi connectivity index (χ3n) is 7.87. The van der Waals surface area contributed by atoms with Crippen molar-refractivity contribution >= 4 is 50.2 Å². The summed E-state index contributed by atoms with van der Waals surface area (Å²) in [4.78, 5) is 56.7. The number of carbonyl (C=O) groups excluding carboxylic acids is 4. The Morgan fingerprint density at radius 3 is 2.53 bits per heavy atom. The van der Waals surface area contributed by atoms with Gasteiger partial charge in [-0.15, -0.1) is 11.3 Å². The predicted octanol–water partition coefficient (Wildman–Crippen LogP) is 3.25. The molecule has 0 bridgehead atoms. The minimum Gasteiger partial charge on any atom is -0.351 e. The molecule has 1 aromatic carbocycles. The van der Waals surface area contributed by atoms with Crippen molar-refractivity contribution in [1.29, 1.82) is 0 Å². The van der Waals surface area contributed by atoms with Crippen molar-refractivity contribution in [2.45, 2.75) is 58.0 Å². The van der Waals surface area contributed by atoms with E-state index in [9.17, 15) is 19.2 Å². The van der Waals surface area contributed by atoms with Gasteiger partial charge in [-0.25, -0.2) is 4.79 Å². The van der Waals surface area contributed by atoms with Gasteiger partial charge in [-0.05, 0) is 52.1 Å². The number of primary amides is 1. The number of benzene rings is 1. The molecule has 1 unspecified atom stereocenters. The molecule has 36 heavy (non-hydrogen) atoms. The van der Waals surface area contributed by atoms with Crippen molar-refractivity contribution in [2.24, 2.45) is 11.1 Å². The van der Waals surface area contributed by atoms with E-state index in [4.69, 9.17) is 5.73 Å². The monoisotopic (exact) mass is 511 g/mol. The van der Waals surface area contributed by atoms with Crippen LogP contribution in [0.4, 0.5) is 9.80 Å². The van der Waals surface area contributed by atoms with Crippen molar-refractivity contribution < 1.29 is 19.2 Å². The Balaban J connectivity index is 1.28.